The summed E-state index contributed by atoms with van der Waals surface area (Å²) in [6.45, 7) is 0.530. The van der Waals surface area contributed by atoms with E-state index in [0.29, 0.717) is 47.5 Å². The molecule has 162 valence electrons. The zero-order valence-electron chi connectivity index (χ0n) is 17.0. The van der Waals surface area contributed by atoms with Gasteiger partial charge in [-0.15, -0.1) is 0 Å². The van der Waals surface area contributed by atoms with Gasteiger partial charge in [0.15, 0.2) is 0 Å². The molecule has 0 saturated heterocycles. The Morgan fingerprint density at radius 1 is 1.00 bits per heavy atom. The molecule has 0 aliphatic heterocycles. The number of aromatic amines is 1. The van der Waals surface area contributed by atoms with Crippen molar-refractivity contribution in [3.63, 3.8) is 0 Å². The van der Waals surface area contributed by atoms with E-state index in [2.05, 4.69) is 20.6 Å². The molecule has 0 saturated carbocycles. The minimum absolute atomic E-state index is 0.191. The summed E-state index contributed by atoms with van der Waals surface area (Å²) in [6, 6.07) is 14.0. The number of nitrogens with zero attached hydrogens (tertiary/aromatic N) is 1. The van der Waals surface area contributed by atoms with Gasteiger partial charge in [-0.05, 0) is 43.2 Å². The smallest absolute Gasteiger partial charge is 0.260 e. The number of amides is 2. The van der Waals surface area contributed by atoms with Crippen LogP contribution in [0, 0.1) is 0 Å². The molecule has 0 spiro atoms. The molecule has 0 radical (unpaired) electrons. The van der Waals surface area contributed by atoms with Gasteiger partial charge in [-0.3, -0.25) is 24.6 Å². The fourth-order valence-electron chi connectivity index (χ4n) is 3.14. The maximum atomic E-state index is 12.4. The maximum absolute atomic E-state index is 12.4. The van der Waals surface area contributed by atoms with Crippen LogP contribution in [0.5, 0.6) is 0 Å². The van der Waals surface area contributed by atoms with Crippen molar-refractivity contribution in [1.29, 1.82) is 0 Å². The van der Waals surface area contributed by atoms with Crippen molar-refractivity contribution in [3.05, 3.63) is 64.4 Å². The molecule has 5 N–H and O–H groups in total. The Kier molecular flexibility index (Phi) is 7.72. The van der Waals surface area contributed by atoms with Gasteiger partial charge in [-0.25, -0.2) is 10.5 Å². The Balaban J connectivity index is 1.51. The van der Waals surface area contributed by atoms with E-state index in [-0.39, 0.29) is 17.4 Å². The molecular formula is C22H25N5O4. The minimum Gasteiger partial charge on any atom is -0.352 e. The van der Waals surface area contributed by atoms with Gasteiger partial charge in [-0.2, -0.15) is 0 Å². The summed E-state index contributed by atoms with van der Waals surface area (Å²) in [5.41, 5.74) is 3.08. The third kappa shape index (κ3) is 6.38. The van der Waals surface area contributed by atoms with Crippen LogP contribution in [0.3, 0.4) is 0 Å². The first-order valence-electron chi connectivity index (χ1n) is 10.1. The van der Waals surface area contributed by atoms with Crippen LogP contribution in [-0.2, 0) is 4.79 Å². The summed E-state index contributed by atoms with van der Waals surface area (Å²) in [5, 5.41) is 14.9. The van der Waals surface area contributed by atoms with Crippen LogP contribution in [0.2, 0.25) is 0 Å². The lowest BCUT2D eigenvalue weighted by molar-refractivity contribution is -0.129. The highest BCUT2D eigenvalue weighted by Crippen LogP contribution is 2.16. The Hall–Kier alpha value is -3.72. The predicted octanol–water partition coefficient (Wildman–Crippen LogP) is 2.85. The molecule has 3 rings (SSSR count). The second kappa shape index (κ2) is 10.9. The van der Waals surface area contributed by atoms with Crippen molar-refractivity contribution in [2.75, 3.05) is 11.9 Å². The largest absolute Gasteiger partial charge is 0.352 e. The first-order chi connectivity index (χ1) is 15.1. The van der Waals surface area contributed by atoms with Gasteiger partial charge in [0.05, 0.1) is 10.9 Å². The number of para-hydroxylation sites is 1. The number of hydrogen-bond donors (Lipinski definition) is 5. The molecule has 1 heterocycles. The van der Waals surface area contributed by atoms with E-state index < -0.39 is 0 Å². The Morgan fingerprint density at radius 3 is 2.65 bits per heavy atom. The molecule has 0 atom stereocenters. The normalized spacial score (nSPS) is 10.6. The molecule has 1 aromatic heterocycles. The topological polar surface area (TPSA) is 136 Å². The second-order valence-corrected chi connectivity index (χ2v) is 7.09. The number of rotatable bonds is 10. The molecule has 2 aromatic carbocycles. The van der Waals surface area contributed by atoms with Gasteiger partial charge in [0, 0.05) is 24.2 Å². The predicted molar refractivity (Wildman–Crippen MR) is 117 cm³/mol. The summed E-state index contributed by atoms with van der Waals surface area (Å²) in [7, 11) is 0. The Bertz CT molecular complexity index is 1110. The average molecular weight is 423 g/mol. The molecule has 3 aromatic rings. The maximum Gasteiger partial charge on any atom is 0.260 e. The third-order valence-corrected chi connectivity index (χ3v) is 4.74. The van der Waals surface area contributed by atoms with Crippen molar-refractivity contribution in [2.45, 2.75) is 32.1 Å². The van der Waals surface area contributed by atoms with E-state index in [1.54, 1.807) is 47.9 Å². The van der Waals surface area contributed by atoms with Crippen molar-refractivity contribution in [3.8, 4) is 0 Å². The van der Waals surface area contributed by atoms with Crippen molar-refractivity contribution < 1.29 is 14.8 Å². The number of carbonyl (C=O) groups excluding carboxylic acids is 2. The lowest BCUT2D eigenvalue weighted by Gasteiger charge is -2.09. The lowest BCUT2D eigenvalue weighted by Crippen LogP contribution is -2.24. The number of nitrogens with one attached hydrogen (secondary N) is 4. The monoisotopic (exact) mass is 423 g/mol. The van der Waals surface area contributed by atoms with Gasteiger partial charge in [0.2, 0.25) is 11.9 Å². The highest BCUT2D eigenvalue weighted by molar-refractivity contribution is 5.95. The van der Waals surface area contributed by atoms with Crippen LogP contribution in [0.4, 0.5) is 11.6 Å². The average Bonchev–Trinajstić information content (AvgIpc) is 2.78. The van der Waals surface area contributed by atoms with E-state index in [1.807, 2.05) is 6.07 Å². The molecule has 0 unspecified atom stereocenters. The van der Waals surface area contributed by atoms with Crippen LogP contribution < -0.4 is 21.7 Å². The minimum atomic E-state index is -0.384. The van der Waals surface area contributed by atoms with Gasteiger partial charge >= 0.3 is 0 Å². The van der Waals surface area contributed by atoms with Crippen LogP contribution in [0.1, 0.15) is 42.5 Å². The number of aromatic nitrogens is 2. The molecular weight excluding hydrogens is 398 g/mol. The van der Waals surface area contributed by atoms with Crippen LogP contribution in [0.15, 0.2) is 53.3 Å². The molecule has 2 amide bonds. The molecule has 0 aliphatic carbocycles. The third-order valence-electron chi connectivity index (χ3n) is 4.74. The van der Waals surface area contributed by atoms with E-state index in [4.69, 9.17) is 5.21 Å². The Morgan fingerprint density at radius 2 is 1.81 bits per heavy atom. The standard InChI is InChI=1S/C22H25N5O4/c28-19(27-31)12-3-1-2-6-13-23-20(29)15-8-7-9-16(14-15)24-22-25-18-11-5-4-10-17(18)21(30)26-22/h4-5,7-11,14,31H,1-3,6,12-13H2,(H,23,29)(H,27,28)(H2,24,25,26,30). The summed E-state index contributed by atoms with van der Waals surface area (Å²) < 4.78 is 0. The number of unbranched alkanes of at least 4 members (excludes halogenated alkanes) is 3. The molecule has 9 nitrogen and oxygen atoms in total. The van der Waals surface area contributed by atoms with E-state index >= 15 is 0 Å². The fourth-order valence-corrected chi connectivity index (χ4v) is 3.14. The highest BCUT2D eigenvalue weighted by Gasteiger charge is 2.08. The summed E-state index contributed by atoms with van der Waals surface area (Å²) in [4.78, 5) is 42.6. The van der Waals surface area contributed by atoms with Crippen LogP contribution in [0.25, 0.3) is 10.9 Å². The highest BCUT2D eigenvalue weighted by atomic mass is 16.5. The number of fused-ring (bicyclic) bond motifs is 1. The van der Waals surface area contributed by atoms with Crippen molar-refractivity contribution in [1.82, 2.24) is 20.8 Å². The number of benzene rings is 2. The van der Waals surface area contributed by atoms with Crippen LogP contribution in [-0.4, -0.2) is 33.5 Å². The molecule has 0 bridgehead atoms. The number of carbonyl (C=O) groups is 2. The first-order valence-corrected chi connectivity index (χ1v) is 10.1. The zero-order valence-corrected chi connectivity index (χ0v) is 17.0. The number of H-pyrrole nitrogens is 1. The lowest BCUT2D eigenvalue weighted by atomic mass is 10.1. The SMILES string of the molecule is O=C(CCCCCCNC(=O)c1cccc(Nc2nc3ccccc3c(=O)[nH]2)c1)NO. The molecule has 0 fully saturated rings. The summed E-state index contributed by atoms with van der Waals surface area (Å²) in [6.07, 6.45) is 3.51. The van der Waals surface area contributed by atoms with E-state index in [0.717, 1.165) is 19.3 Å². The first kappa shape index (κ1) is 22.0. The van der Waals surface area contributed by atoms with Gasteiger partial charge in [-0.1, -0.05) is 31.0 Å². The number of hydroxylamine groups is 1. The fraction of sp³-hybridized carbons (Fsp3) is 0.273. The summed E-state index contributed by atoms with van der Waals surface area (Å²) >= 11 is 0. The van der Waals surface area contributed by atoms with Gasteiger partial charge in [0.1, 0.15) is 0 Å². The van der Waals surface area contributed by atoms with Crippen molar-refractivity contribution in [2.24, 2.45) is 0 Å². The van der Waals surface area contributed by atoms with Gasteiger partial charge in [0.25, 0.3) is 11.5 Å². The molecule has 0 aliphatic rings. The molecule has 9 heteroatoms. The van der Waals surface area contributed by atoms with Crippen LogP contribution >= 0.6 is 0 Å². The Labute approximate surface area is 178 Å². The molecule has 31 heavy (non-hydrogen) atoms. The number of hydrogen-bond acceptors (Lipinski definition) is 6. The van der Waals surface area contributed by atoms with Gasteiger partial charge < -0.3 is 10.6 Å². The second-order valence-electron chi connectivity index (χ2n) is 7.09. The zero-order chi connectivity index (χ0) is 22.1. The summed E-state index contributed by atoms with van der Waals surface area (Å²) in [5.74, 6) is -0.274. The van der Waals surface area contributed by atoms with E-state index in [1.165, 1.54) is 0 Å². The number of anilines is 2. The van der Waals surface area contributed by atoms with E-state index in [9.17, 15) is 14.4 Å². The van der Waals surface area contributed by atoms with Crippen molar-refractivity contribution >= 4 is 34.4 Å². The quantitative estimate of drug-likeness (QED) is 0.193.